The van der Waals surface area contributed by atoms with Gasteiger partial charge in [-0.05, 0) is 31.9 Å². The summed E-state index contributed by atoms with van der Waals surface area (Å²) in [5.41, 5.74) is 2.59. The van der Waals surface area contributed by atoms with Crippen LogP contribution in [0.15, 0.2) is 30.6 Å². The van der Waals surface area contributed by atoms with Crippen molar-refractivity contribution in [3.05, 3.63) is 47.5 Å². The molecule has 4 rings (SSSR count). The molecule has 0 unspecified atom stereocenters. The molecule has 1 aromatic carbocycles. The van der Waals surface area contributed by atoms with Crippen molar-refractivity contribution in [2.75, 3.05) is 32.8 Å². The molecular weight excluding hydrogens is 370 g/mol. The Kier molecular flexibility index (Phi) is 5.53. The summed E-state index contributed by atoms with van der Waals surface area (Å²) in [6.45, 7) is 4.53. The fourth-order valence-corrected chi connectivity index (χ4v) is 4.28. The van der Waals surface area contributed by atoms with E-state index in [-0.39, 0.29) is 23.9 Å². The Bertz CT molecular complexity index is 886. The van der Waals surface area contributed by atoms with E-state index in [0.717, 1.165) is 31.5 Å². The van der Waals surface area contributed by atoms with Crippen LogP contribution >= 0.6 is 0 Å². The van der Waals surface area contributed by atoms with Crippen molar-refractivity contribution in [3.63, 3.8) is 0 Å². The van der Waals surface area contributed by atoms with Gasteiger partial charge in [0.05, 0.1) is 36.3 Å². The number of aromatic nitrogens is 2. The van der Waals surface area contributed by atoms with E-state index in [0.29, 0.717) is 31.0 Å². The van der Waals surface area contributed by atoms with Gasteiger partial charge in [0.25, 0.3) is 5.91 Å². The summed E-state index contributed by atoms with van der Waals surface area (Å²) < 4.78 is 5.50. The summed E-state index contributed by atoms with van der Waals surface area (Å²) in [6, 6.07) is 7.06. The molecule has 2 amide bonds. The number of piperidine rings is 1. The van der Waals surface area contributed by atoms with E-state index < -0.39 is 0 Å². The number of rotatable bonds is 5. The minimum Gasteiger partial charge on any atom is -0.493 e. The fourth-order valence-electron chi connectivity index (χ4n) is 4.28. The Hall–Kier alpha value is -2.87. The van der Waals surface area contributed by atoms with Gasteiger partial charge >= 0.3 is 0 Å². The Balaban J connectivity index is 1.33. The SMILES string of the molecule is CCOc1ccccc1C(=O)NCC(=O)N1CCC2(CC1)NCCc1[nH]cnc12. The Labute approximate surface area is 170 Å². The maximum atomic E-state index is 12.6. The summed E-state index contributed by atoms with van der Waals surface area (Å²) in [5.74, 6) is 0.157. The highest BCUT2D eigenvalue weighted by atomic mass is 16.5. The monoisotopic (exact) mass is 397 g/mol. The van der Waals surface area contributed by atoms with Crippen LogP contribution in [-0.2, 0) is 16.8 Å². The van der Waals surface area contributed by atoms with Crippen LogP contribution in [0.25, 0.3) is 0 Å². The lowest BCUT2D eigenvalue weighted by molar-refractivity contribution is -0.132. The zero-order valence-electron chi connectivity index (χ0n) is 16.7. The topological polar surface area (TPSA) is 99.4 Å². The third-order valence-electron chi connectivity index (χ3n) is 5.81. The number of carbonyl (C=O) groups is 2. The molecule has 0 saturated carbocycles. The van der Waals surface area contributed by atoms with E-state index in [1.54, 1.807) is 24.5 Å². The molecule has 29 heavy (non-hydrogen) atoms. The van der Waals surface area contributed by atoms with Crippen molar-refractivity contribution < 1.29 is 14.3 Å². The van der Waals surface area contributed by atoms with Crippen molar-refractivity contribution in [2.45, 2.75) is 31.7 Å². The van der Waals surface area contributed by atoms with Crippen molar-refractivity contribution in [2.24, 2.45) is 0 Å². The molecule has 1 spiro atoms. The maximum Gasteiger partial charge on any atom is 0.255 e. The molecule has 8 nitrogen and oxygen atoms in total. The zero-order chi connectivity index (χ0) is 20.3. The van der Waals surface area contributed by atoms with E-state index in [1.165, 1.54) is 5.69 Å². The summed E-state index contributed by atoms with van der Waals surface area (Å²) in [7, 11) is 0. The number of hydrogen-bond donors (Lipinski definition) is 3. The van der Waals surface area contributed by atoms with Gasteiger partial charge in [0.2, 0.25) is 5.91 Å². The first-order chi connectivity index (χ1) is 14.1. The van der Waals surface area contributed by atoms with Crippen LogP contribution in [0.1, 0.15) is 41.5 Å². The number of carbonyl (C=O) groups excluding carboxylic acids is 2. The lowest BCUT2D eigenvalue weighted by Crippen LogP contribution is -2.56. The number of aromatic amines is 1. The third kappa shape index (κ3) is 3.85. The number of ether oxygens (including phenoxy) is 1. The van der Waals surface area contributed by atoms with E-state index in [2.05, 4.69) is 20.6 Å². The molecule has 2 aliphatic heterocycles. The minimum atomic E-state index is -0.300. The van der Waals surface area contributed by atoms with Crippen molar-refractivity contribution in [3.8, 4) is 5.75 Å². The lowest BCUT2D eigenvalue weighted by Gasteiger charge is -2.44. The van der Waals surface area contributed by atoms with Gasteiger partial charge in [-0.1, -0.05) is 12.1 Å². The molecule has 0 atom stereocenters. The molecule has 154 valence electrons. The minimum absolute atomic E-state index is 0.0205. The molecule has 0 aliphatic carbocycles. The number of likely N-dealkylation sites (tertiary alicyclic amines) is 1. The molecule has 0 bridgehead atoms. The summed E-state index contributed by atoms with van der Waals surface area (Å²) in [6.07, 6.45) is 4.34. The molecular formula is C21H27N5O3. The van der Waals surface area contributed by atoms with Crippen LogP contribution in [0.2, 0.25) is 0 Å². The first-order valence-corrected chi connectivity index (χ1v) is 10.2. The molecule has 1 fully saturated rings. The number of nitrogens with one attached hydrogen (secondary N) is 3. The molecule has 0 radical (unpaired) electrons. The molecule has 1 aromatic heterocycles. The second kappa shape index (κ2) is 8.24. The normalized spacial score (nSPS) is 17.6. The highest BCUT2D eigenvalue weighted by molar-refractivity contribution is 5.98. The van der Waals surface area contributed by atoms with E-state index in [9.17, 15) is 9.59 Å². The first kappa shape index (κ1) is 19.4. The van der Waals surface area contributed by atoms with Crippen molar-refractivity contribution in [1.29, 1.82) is 0 Å². The second-order valence-corrected chi connectivity index (χ2v) is 7.48. The Morgan fingerprint density at radius 2 is 2.07 bits per heavy atom. The van der Waals surface area contributed by atoms with Gasteiger partial charge in [-0.15, -0.1) is 0 Å². The van der Waals surface area contributed by atoms with E-state index in [4.69, 9.17) is 4.74 Å². The number of hydrogen-bond acceptors (Lipinski definition) is 5. The lowest BCUT2D eigenvalue weighted by atomic mass is 9.80. The quantitative estimate of drug-likeness (QED) is 0.704. The van der Waals surface area contributed by atoms with Crippen molar-refractivity contribution >= 4 is 11.8 Å². The highest BCUT2D eigenvalue weighted by Crippen LogP contribution is 2.35. The van der Waals surface area contributed by atoms with E-state index in [1.807, 2.05) is 17.9 Å². The summed E-state index contributed by atoms with van der Waals surface area (Å²) in [5, 5.41) is 6.36. The predicted molar refractivity (Wildman–Crippen MR) is 108 cm³/mol. The maximum absolute atomic E-state index is 12.6. The molecule has 1 saturated heterocycles. The number of nitrogens with zero attached hydrogens (tertiary/aromatic N) is 2. The smallest absolute Gasteiger partial charge is 0.255 e. The van der Waals surface area contributed by atoms with Gasteiger partial charge in [0, 0.05) is 31.7 Å². The average Bonchev–Trinajstić information content (AvgIpc) is 3.24. The number of fused-ring (bicyclic) bond motifs is 2. The van der Waals surface area contributed by atoms with Gasteiger partial charge < -0.3 is 25.3 Å². The van der Waals surface area contributed by atoms with Gasteiger partial charge in [-0.25, -0.2) is 4.98 Å². The Morgan fingerprint density at radius 3 is 2.86 bits per heavy atom. The van der Waals surface area contributed by atoms with Crippen LogP contribution in [0.3, 0.4) is 0 Å². The standard InChI is InChI=1S/C21H27N5O3/c1-2-29-17-6-4-3-5-15(17)20(28)22-13-18(27)26-11-8-21(9-12-26)19-16(7-10-25-21)23-14-24-19/h3-6,14,25H,2,7-13H2,1H3,(H,22,28)(H,23,24). The van der Waals surface area contributed by atoms with Gasteiger partial charge in [-0.3, -0.25) is 9.59 Å². The molecule has 2 aromatic rings. The molecule has 3 N–H and O–H groups in total. The first-order valence-electron chi connectivity index (χ1n) is 10.2. The number of para-hydroxylation sites is 1. The van der Waals surface area contributed by atoms with Crippen LogP contribution in [0, 0.1) is 0 Å². The second-order valence-electron chi connectivity index (χ2n) is 7.48. The predicted octanol–water partition coefficient (Wildman–Crippen LogP) is 1.20. The number of amides is 2. The fraction of sp³-hybridized carbons (Fsp3) is 0.476. The van der Waals surface area contributed by atoms with Crippen LogP contribution < -0.4 is 15.4 Å². The molecule has 2 aliphatic rings. The molecule has 3 heterocycles. The van der Waals surface area contributed by atoms with Gasteiger partial charge in [-0.2, -0.15) is 0 Å². The number of H-pyrrole nitrogens is 1. The van der Waals surface area contributed by atoms with Gasteiger partial charge in [0.15, 0.2) is 0 Å². The van der Waals surface area contributed by atoms with Gasteiger partial charge in [0.1, 0.15) is 5.75 Å². The van der Waals surface area contributed by atoms with Crippen molar-refractivity contribution in [1.82, 2.24) is 25.5 Å². The largest absolute Gasteiger partial charge is 0.493 e. The average molecular weight is 397 g/mol. The van der Waals surface area contributed by atoms with Crippen LogP contribution in [-0.4, -0.2) is 59.5 Å². The zero-order valence-corrected chi connectivity index (χ0v) is 16.7. The van der Waals surface area contributed by atoms with Crippen LogP contribution in [0.5, 0.6) is 5.75 Å². The summed E-state index contributed by atoms with van der Waals surface area (Å²) >= 11 is 0. The summed E-state index contributed by atoms with van der Waals surface area (Å²) in [4.78, 5) is 34.7. The number of benzene rings is 1. The highest BCUT2D eigenvalue weighted by Gasteiger charge is 2.41. The van der Waals surface area contributed by atoms with E-state index >= 15 is 0 Å². The van der Waals surface area contributed by atoms with Crippen LogP contribution in [0.4, 0.5) is 0 Å². The molecule has 8 heteroatoms. The Morgan fingerprint density at radius 1 is 1.28 bits per heavy atom. The number of imidazole rings is 1. The third-order valence-corrected chi connectivity index (χ3v) is 5.81.